The Bertz CT molecular complexity index is 875. The van der Waals surface area contributed by atoms with E-state index in [9.17, 15) is 18.0 Å². The number of hydrogen-bond donors (Lipinski definition) is 1. The van der Waals surface area contributed by atoms with Gasteiger partial charge in [0.25, 0.3) is 0 Å². The van der Waals surface area contributed by atoms with Crippen molar-refractivity contribution in [1.29, 1.82) is 0 Å². The topological polar surface area (TPSA) is 69.0 Å². The number of carbonyl (C=O) groups is 1. The van der Waals surface area contributed by atoms with Gasteiger partial charge in [-0.2, -0.15) is 13.2 Å². The van der Waals surface area contributed by atoms with Crippen LogP contribution in [0.5, 0.6) is 5.75 Å². The number of ether oxygens (including phenoxy) is 1. The Kier molecular flexibility index (Phi) is 4.55. The Morgan fingerprint density at radius 1 is 1.12 bits per heavy atom. The van der Waals surface area contributed by atoms with Crippen molar-refractivity contribution in [2.24, 2.45) is 0 Å². The molecule has 1 amide bonds. The molecule has 0 radical (unpaired) electrons. The zero-order chi connectivity index (χ0) is 17.9. The molecule has 6 nitrogen and oxygen atoms in total. The Morgan fingerprint density at radius 2 is 1.84 bits per heavy atom. The van der Waals surface area contributed by atoms with Crippen molar-refractivity contribution in [3.05, 3.63) is 48.5 Å². The Morgan fingerprint density at radius 3 is 2.56 bits per heavy atom. The van der Waals surface area contributed by atoms with E-state index >= 15 is 0 Å². The third-order valence-electron chi connectivity index (χ3n) is 3.25. The van der Waals surface area contributed by atoms with Gasteiger partial charge in [0.05, 0.1) is 5.52 Å². The molecule has 0 aliphatic rings. The van der Waals surface area contributed by atoms with E-state index in [1.165, 1.54) is 28.9 Å². The van der Waals surface area contributed by atoms with E-state index in [1.54, 1.807) is 12.1 Å². The fraction of sp³-hybridized carbons (Fsp3) is 0.188. The van der Waals surface area contributed by atoms with Gasteiger partial charge in [0.2, 0.25) is 5.91 Å². The lowest BCUT2D eigenvalue weighted by Crippen LogP contribution is -2.20. The first-order valence-electron chi connectivity index (χ1n) is 7.28. The second kappa shape index (κ2) is 6.80. The van der Waals surface area contributed by atoms with Crippen LogP contribution >= 0.6 is 0 Å². The third kappa shape index (κ3) is 4.46. The number of alkyl halides is 3. The fourth-order valence-corrected chi connectivity index (χ4v) is 2.17. The van der Waals surface area contributed by atoms with Gasteiger partial charge >= 0.3 is 6.18 Å². The number of para-hydroxylation sites is 1. The van der Waals surface area contributed by atoms with Gasteiger partial charge in [0.15, 0.2) is 6.61 Å². The minimum Gasteiger partial charge on any atom is -0.484 e. The van der Waals surface area contributed by atoms with Crippen LogP contribution < -0.4 is 10.1 Å². The van der Waals surface area contributed by atoms with Gasteiger partial charge in [-0.1, -0.05) is 17.3 Å². The maximum atomic E-state index is 12.1. The number of benzene rings is 2. The minimum absolute atomic E-state index is 0.0349. The predicted octanol–water partition coefficient (Wildman–Crippen LogP) is 3.01. The minimum atomic E-state index is -4.40. The second-order valence-corrected chi connectivity index (χ2v) is 5.21. The molecule has 0 aliphatic heterocycles. The summed E-state index contributed by atoms with van der Waals surface area (Å²) in [5.74, 6) is -0.266. The number of carbonyl (C=O) groups excluding carboxylic acids is 1. The highest BCUT2D eigenvalue weighted by atomic mass is 19.4. The van der Waals surface area contributed by atoms with E-state index in [-0.39, 0.29) is 18.2 Å². The van der Waals surface area contributed by atoms with Gasteiger partial charge in [0.1, 0.15) is 17.8 Å². The number of fused-ring (bicyclic) bond motifs is 1. The molecule has 3 aromatic rings. The number of nitrogens with zero attached hydrogens (tertiary/aromatic N) is 3. The van der Waals surface area contributed by atoms with Crippen molar-refractivity contribution in [3.63, 3.8) is 0 Å². The van der Waals surface area contributed by atoms with Crippen LogP contribution in [0.3, 0.4) is 0 Å². The fourth-order valence-electron chi connectivity index (χ4n) is 2.17. The van der Waals surface area contributed by atoms with Crippen LogP contribution in [-0.4, -0.2) is 33.7 Å². The lowest BCUT2D eigenvalue weighted by molar-refractivity contribution is -0.153. The summed E-state index contributed by atoms with van der Waals surface area (Å²) < 4.78 is 42.3. The van der Waals surface area contributed by atoms with Crippen molar-refractivity contribution < 1.29 is 22.7 Å². The smallest absolute Gasteiger partial charge is 0.422 e. The SMILES string of the molecule is O=C(Cn1nnc2ccccc21)Nc1ccc(OCC(F)(F)F)cc1. The average molecular weight is 350 g/mol. The third-order valence-corrected chi connectivity index (χ3v) is 3.25. The van der Waals surface area contributed by atoms with E-state index in [0.717, 1.165) is 5.52 Å². The monoisotopic (exact) mass is 350 g/mol. The number of aromatic nitrogens is 3. The number of nitrogens with one attached hydrogen (secondary N) is 1. The Labute approximate surface area is 140 Å². The van der Waals surface area contributed by atoms with Crippen molar-refractivity contribution in [2.45, 2.75) is 12.7 Å². The standard InChI is InChI=1S/C16H13F3N4O2/c17-16(18,19)10-25-12-7-5-11(6-8-12)20-15(24)9-23-14-4-2-1-3-13(14)21-22-23/h1-8H,9-10H2,(H,20,24). The largest absolute Gasteiger partial charge is 0.484 e. The molecule has 0 unspecified atom stereocenters. The number of rotatable bonds is 5. The summed E-state index contributed by atoms with van der Waals surface area (Å²) in [6.07, 6.45) is -4.40. The summed E-state index contributed by atoms with van der Waals surface area (Å²) in [5.41, 5.74) is 1.85. The lowest BCUT2D eigenvalue weighted by Gasteiger charge is -2.10. The first-order chi connectivity index (χ1) is 11.9. The van der Waals surface area contributed by atoms with Crippen LogP contribution in [-0.2, 0) is 11.3 Å². The number of hydrogen-bond acceptors (Lipinski definition) is 4. The molecule has 1 N–H and O–H groups in total. The quantitative estimate of drug-likeness (QED) is 0.768. The number of halogens is 3. The molecule has 0 fully saturated rings. The lowest BCUT2D eigenvalue weighted by atomic mass is 10.3. The van der Waals surface area contributed by atoms with Gasteiger partial charge in [-0.15, -0.1) is 5.10 Å². The van der Waals surface area contributed by atoms with E-state index in [4.69, 9.17) is 0 Å². The van der Waals surface area contributed by atoms with E-state index in [0.29, 0.717) is 11.2 Å². The van der Waals surface area contributed by atoms with Gasteiger partial charge in [-0.05, 0) is 36.4 Å². The zero-order valence-electron chi connectivity index (χ0n) is 12.8. The molecule has 0 atom stereocenters. The van der Waals surface area contributed by atoms with Crippen LogP contribution in [0.1, 0.15) is 0 Å². The van der Waals surface area contributed by atoms with E-state index in [1.807, 2.05) is 12.1 Å². The molecule has 1 aromatic heterocycles. The Hall–Kier alpha value is -3.10. The van der Waals surface area contributed by atoms with Crippen LogP contribution in [0.2, 0.25) is 0 Å². The van der Waals surface area contributed by atoms with E-state index in [2.05, 4.69) is 20.4 Å². The summed E-state index contributed by atoms with van der Waals surface area (Å²) in [6.45, 7) is -1.40. The van der Waals surface area contributed by atoms with Gasteiger partial charge in [-0.3, -0.25) is 4.79 Å². The van der Waals surface area contributed by atoms with Gasteiger partial charge in [0, 0.05) is 5.69 Å². The van der Waals surface area contributed by atoms with Crippen LogP contribution in [0.25, 0.3) is 11.0 Å². The second-order valence-electron chi connectivity index (χ2n) is 5.21. The van der Waals surface area contributed by atoms with Crippen molar-refractivity contribution in [3.8, 4) is 5.75 Å². The normalized spacial score (nSPS) is 11.5. The van der Waals surface area contributed by atoms with Crippen LogP contribution in [0.4, 0.5) is 18.9 Å². The highest BCUT2D eigenvalue weighted by Gasteiger charge is 2.28. The van der Waals surface area contributed by atoms with Crippen molar-refractivity contribution >= 4 is 22.6 Å². The van der Waals surface area contributed by atoms with Crippen molar-refractivity contribution in [1.82, 2.24) is 15.0 Å². The van der Waals surface area contributed by atoms with Gasteiger partial charge < -0.3 is 10.1 Å². The summed E-state index contributed by atoms with van der Waals surface area (Å²) in [4.78, 5) is 12.1. The number of anilines is 1. The molecule has 2 aromatic carbocycles. The zero-order valence-corrected chi connectivity index (χ0v) is 12.8. The number of amides is 1. The molecule has 0 saturated heterocycles. The highest BCUT2D eigenvalue weighted by Crippen LogP contribution is 2.20. The molecular formula is C16H13F3N4O2. The molecule has 25 heavy (non-hydrogen) atoms. The first-order valence-corrected chi connectivity index (χ1v) is 7.28. The molecule has 130 valence electrons. The molecule has 0 bridgehead atoms. The first kappa shape index (κ1) is 16.7. The van der Waals surface area contributed by atoms with Crippen LogP contribution in [0.15, 0.2) is 48.5 Å². The average Bonchev–Trinajstić information content (AvgIpc) is 2.97. The predicted molar refractivity (Wildman–Crippen MR) is 84.1 cm³/mol. The summed E-state index contributed by atoms with van der Waals surface area (Å²) >= 11 is 0. The Balaban J connectivity index is 1.59. The summed E-state index contributed by atoms with van der Waals surface area (Å²) in [7, 11) is 0. The van der Waals surface area contributed by atoms with Gasteiger partial charge in [-0.25, -0.2) is 4.68 Å². The van der Waals surface area contributed by atoms with Crippen LogP contribution in [0, 0.1) is 0 Å². The molecule has 0 saturated carbocycles. The maximum Gasteiger partial charge on any atom is 0.422 e. The summed E-state index contributed by atoms with van der Waals surface area (Å²) in [5, 5.41) is 10.5. The molecule has 3 rings (SSSR count). The molecule has 1 heterocycles. The van der Waals surface area contributed by atoms with Crippen molar-refractivity contribution in [2.75, 3.05) is 11.9 Å². The highest BCUT2D eigenvalue weighted by molar-refractivity contribution is 5.91. The molecular weight excluding hydrogens is 337 g/mol. The molecule has 0 spiro atoms. The molecule has 0 aliphatic carbocycles. The van der Waals surface area contributed by atoms with E-state index < -0.39 is 12.8 Å². The summed E-state index contributed by atoms with van der Waals surface area (Å²) in [6, 6.07) is 12.9. The molecule has 9 heteroatoms. The maximum absolute atomic E-state index is 12.1.